The van der Waals surface area contributed by atoms with Crippen LogP contribution in [-0.4, -0.2) is 44.4 Å². The molecular formula is C19H21NO5S. The molecule has 1 atom stereocenters. The van der Waals surface area contributed by atoms with Crippen LogP contribution in [0.4, 0.5) is 0 Å². The Morgan fingerprint density at radius 3 is 2.58 bits per heavy atom. The van der Waals surface area contributed by atoms with E-state index in [0.29, 0.717) is 29.6 Å². The molecule has 1 unspecified atom stereocenters. The van der Waals surface area contributed by atoms with Crippen molar-refractivity contribution in [3.05, 3.63) is 47.9 Å². The summed E-state index contributed by atoms with van der Waals surface area (Å²) in [5, 5.41) is -0.154. The molecule has 1 aliphatic rings. The van der Waals surface area contributed by atoms with Gasteiger partial charge in [-0.15, -0.1) is 11.8 Å². The van der Waals surface area contributed by atoms with Crippen molar-refractivity contribution < 1.29 is 23.4 Å². The monoisotopic (exact) mass is 375 g/mol. The first-order chi connectivity index (χ1) is 12.7. The molecular weight excluding hydrogens is 354 g/mol. The van der Waals surface area contributed by atoms with Gasteiger partial charge in [0.1, 0.15) is 16.9 Å². The molecule has 3 rings (SSSR count). The number of amides is 1. The Labute approximate surface area is 156 Å². The Balaban J connectivity index is 1.88. The van der Waals surface area contributed by atoms with Gasteiger partial charge < -0.3 is 23.5 Å². The maximum atomic E-state index is 12.7. The van der Waals surface area contributed by atoms with Gasteiger partial charge in [0.2, 0.25) is 5.91 Å². The van der Waals surface area contributed by atoms with Crippen molar-refractivity contribution in [2.75, 3.05) is 33.6 Å². The Kier molecular flexibility index (Phi) is 5.78. The highest BCUT2D eigenvalue weighted by Gasteiger charge is 2.32. The summed E-state index contributed by atoms with van der Waals surface area (Å²) in [6, 6.07) is 7.25. The molecule has 138 valence electrons. The SMILES string of the molecule is COc1cc(OC)c(C2SCCN2C(=O)/C=C/c2ccco2)cc1OC. The molecule has 0 N–H and O–H groups in total. The zero-order valence-electron chi connectivity index (χ0n) is 14.9. The number of benzene rings is 1. The van der Waals surface area contributed by atoms with Crippen molar-refractivity contribution in [1.29, 1.82) is 0 Å². The lowest BCUT2D eigenvalue weighted by Crippen LogP contribution is -2.29. The summed E-state index contributed by atoms with van der Waals surface area (Å²) in [5.41, 5.74) is 0.882. The maximum Gasteiger partial charge on any atom is 0.247 e. The predicted octanol–water partition coefficient (Wildman–Crippen LogP) is 3.59. The van der Waals surface area contributed by atoms with Crippen molar-refractivity contribution in [2.24, 2.45) is 0 Å². The van der Waals surface area contributed by atoms with E-state index in [9.17, 15) is 4.79 Å². The van der Waals surface area contributed by atoms with Crippen LogP contribution in [0, 0.1) is 0 Å². The van der Waals surface area contributed by atoms with Crippen molar-refractivity contribution >= 4 is 23.7 Å². The number of rotatable bonds is 6. The summed E-state index contributed by atoms with van der Waals surface area (Å²) in [7, 11) is 4.77. The molecule has 0 aliphatic carbocycles. The summed E-state index contributed by atoms with van der Waals surface area (Å²) >= 11 is 1.69. The first-order valence-electron chi connectivity index (χ1n) is 8.11. The lowest BCUT2D eigenvalue weighted by molar-refractivity contribution is -0.126. The van der Waals surface area contributed by atoms with Crippen LogP contribution in [0.5, 0.6) is 17.2 Å². The molecule has 0 saturated carbocycles. The van der Waals surface area contributed by atoms with Gasteiger partial charge >= 0.3 is 0 Å². The van der Waals surface area contributed by atoms with Gasteiger partial charge in [0.25, 0.3) is 0 Å². The lowest BCUT2D eigenvalue weighted by atomic mass is 10.1. The third kappa shape index (κ3) is 3.67. The number of hydrogen-bond donors (Lipinski definition) is 0. The molecule has 6 nitrogen and oxygen atoms in total. The number of hydrogen-bond acceptors (Lipinski definition) is 6. The quantitative estimate of drug-likeness (QED) is 0.719. The highest BCUT2D eigenvalue weighted by molar-refractivity contribution is 7.99. The van der Waals surface area contributed by atoms with E-state index in [-0.39, 0.29) is 11.3 Å². The molecule has 26 heavy (non-hydrogen) atoms. The second-order valence-electron chi connectivity index (χ2n) is 5.55. The van der Waals surface area contributed by atoms with Crippen molar-refractivity contribution in [3.63, 3.8) is 0 Å². The first-order valence-corrected chi connectivity index (χ1v) is 9.16. The van der Waals surface area contributed by atoms with Gasteiger partial charge in [-0.05, 0) is 24.3 Å². The van der Waals surface area contributed by atoms with E-state index >= 15 is 0 Å². The average Bonchev–Trinajstić information content (AvgIpc) is 3.36. The Bertz CT molecular complexity index is 787. The normalized spacial score (nSPS) is 16.9. The van der Waals surface area contributed by atoms with E-state index in [2.05, 4.69) is 0 Å². The van der Waals surface area contributed by atoms with Gasteiger partial charge in [0.05, 0.1) is 27.6 Å². The lowest BCUT2D eigenvalue weighted by Gasteiger charge is -2.25. The Morgan fingerprint density at radius 2 is 1.92 bits per heavy atom. The van der Waals surface area contributed by atoms with Crippen LogP contribution in [0.3, 0.4) is 0 Å². The number of nitrogens with zero attached hydrogens (tertiary/aromatic N) is 1. The van der Waals surface area contributed by atoms with Gasteiger partial charge in [0.15, 0.2) is 11.5 Å². The van der Waals surface area contributed by atoms with Crippen LogP contribution >= 0.6 is 11.8 Å². The third-order valence-electron chi connectivity index (χ3n) is 4.11. The molecule has 7 heteroatoms. The summed E-state index contributed by atoms with van der Waals surface area (Å²) in [4.78, 5) is 14.5. The van der Waals surface area contributed by atoms with Crippen molar-refractivity contribution in [2.45, 2.75) is 5.37 Å². The van der Waals surface area contributed by atoms with Crippen LogP contribution in [-0.2, 0) is 4.79 Å². The van der Waals surface area contributed by atoms with Gasteiger partial charge in [-0.3, -0.25) is 4.79 Å². The van der Waals surface area contributed by atoms with E-state index in [1.165, 1.54) is 6.08 Å². The smallest absolute Gasteiger partial charge is 0.247 e. The molecule has 1 fully saturated rings. The number of ether oxygens (including phenoxy) is 3. The summed E-state index contributed by atoms with van der Waals surface area (Å²) in [6.45, 7) is 0.661. The van der Waals surface area contributed by atoms with Gasteiger partial charge in [0, 0.05) is 30.0 Å². The summed E-state index contributed by atoms with van der Waals surface area (Å²) in [5.74, 6) is 3.28. The Morgan fingerprint density at radius 1 is 1.19 bits per heavy atom. The predicted molar refractivity (Wildman–Crippen MR) is 101 cm³/mol. The van der Waals surface area contributed by atoms with Gasteiger partial charge in [-0.2, -0.15) is 0 Å². The second-order valence-corrected chi connectivity index (χ2v) is 6.74. The molecule has 1 amide bonds. The minimum absolute atomic E-state index is 0.0757. The average molecular weight is 375 g/mol. The molecule has 2 heterocycles. The topological polar surface area (TPSA) is 61.1 Å². The van der Waals surface area contributed by atoms with E-state index in [0.717, 1.165) is 11.3 Å². The van der Waals surface area contributed by atoms with E-state index < -0.39 is 0 Å². The third-order valence-corrected chi connectivity index (χ3v) is 5.35. The fourth-order valence-electron chi connectivity index (χ4n) is 2.83. The molecule has 1 aromatic carbocycles. The molecule has 0 radical (unpaired) electrons. The maximum absolute atomic E-state index is 12.7. The van der Waals surface area contributed by atoms with E-state index in [4.69, 9.17) is 18.6 Å². The largest absolute Gasteiger partial charge is 0.496 e. The first kappa shape index (κ1) is 18.3. The molecule has 2 aromatic rings. The van der Waals surface area contributed by atoms with Crippen LogP contribution in [0.2, 0.25) is 0 Å². The number of furan rings is 1. The van der Waals surface area contributed by atoms with Crippen LogP contribution in [0.15, 0.2) is 41.0 Å². The fourth-order valence-corrected chi connectivity index (χ4v) is 4.11. The van der Waals surface area contributed by atoms with Crippen molar-refractivity contribution in [3.8, 4) is 17.2 Å². The zero-order valence-corrected chi connectivity index (χ0v) is 15.7. The highest BCUT2D eigenvalue weighted by Crippen LogP contribution is 2.46. The summed E-state index contributed by atoms with van der Waals surface area (Å²) < 4.78 is 21.5. The number of methoxy groups -OCH3 is 3. The molecule has 1 aliphatic heterocycles. The van der Waals surface area contributed by atoms with E-state index in [1.807, 2.05) is 11.0 Å². The molecule has 0 spiro atoms. The zero-order chi connectivity index (χ0) is 18.5. The number of carbonyl (C=O) groups is 1. The standard InChI is InChI=1S/C19H21NO5S/c1-22-15-12-17(24-3)16(23-2)11-14(15)19-20(8-10-26-19)18(21)7-6-13-5-4-9-25-13/h4-7,9,11-12,19H,8,10H2,1-3H3/b7-6+. The highest BCUT2D eigenvalue weighted by atomic mass is 32.2. The number of carbonyl (C=O) groups excluding carboxylic acids is 1. The molecule has 1 saturated heterocycles. The molecule has 0 bridgehead atoms. The van der Waals surface area contributed by atoms with Gasteiger partial charge in [-0.25, -0.2) is 0 Å². The van der Waals surface area contributed by atoms with Crippen molar-refractivity contribution in [1.82, 2.24) is 4.90 Å². The minimum atomic E-state index is -0.154. The van der Waals surface area contributed by atoms with Gasteiger partial charge in [-0.1, -0.05) is 0 Å². The van der Waals surface area contributed by atoms with Crippen LogP contribution in [0.1, 0.15) is 16.7 Å². The van der Waals surface area contributed by atoms with E-state index in [1.54, 1.807) is 63.6 Å². The Hall–Kier alpha value is -2.54. The summed E-state index contributed by atoms with van der Waals surface area (Å²) in [6.07, 6.45) is 4.78. The fraction of sp³-hybridized carbons (Fsp3) is 0.316. The van der Waals surface area contributed by atoms with Crippen LogP contribution < -0.4 is 14.2 Å². The minimum Gasteiger partial charge on any atom is -0.496 e. The van der Waals surface area contributed by atoms with Crippen LogP contribution in [0.25, 0.3) is 6.08 Å². The second kappa shape index (κ2) is 8.23. The molecule has 1 aromatic heterocycles. The number of thioether (sulfide) groups is 1.